The number of hydrogen-bond donors (Lipinski definition) is 1. The average molecular weight is 340 g/mol. The standard InChI is InChI=1S/C15H14ClNS3/c16-15-4-3-12(20-15)5-6-17-9-13-8-11(10-19-13)14-2-1-7-18-14/h1-4,7-8,10,17H,5-6,9H2. The predicted octanol–water partition coefficient (Wildman–Crippen LogP) is 5.52. The normalized spacial score (nSPS) is 11.1. The third kappa shape index (κ3) is 3.71. The van der Waals surface area contributed by atoms with E-state index in [4.69, 9.17) is 11.6 Å². The first-order valence-electron chi connectivity index (χ1n) is 6.37. The van der Waals surface area contributed by atoms with E-state index in [2.05, 4.69) is 40.3 Å². The molecule has 3 rings (SSSR count). The van der Waals surface area contributed by atoms with Crippen molar-refractivity contribution in [1.82, 2.24) is 5.32 Å². The molecule has 0 saturated carbocycles. The Kier molecular flexibility index (Phi) is 4.91. The zero-order chi connectivity index (χ0) is 13.8. The largest absolute Gasteiger partial charge is 0.311 e. The summed E-state index contributed by atoms with van der Waals surface area (Å²) in [5, 5.41) is 7.86. The van der Waals surface area contributed by atoms with E-state index in [-0.39, 0.29) is 0 Å². The SMILES string of the molecule is Clc1ccc(CCNCc2cc(-c3cccs3)cs2)s1. The molecule has 1 nitrogen and oxygen atoms in total. The summed E-state index contributed by atoms with van der Waals surface area (Å²) in [7, 11) is 0. The molecule has 3 heterocycles. The third-order valence-corrected chi connectivity index (χ3v) is 6.08. The van der Waals surface area contributed by atoms with Crippen molar-refractivity contribution in [2.75, 3.05) is 6.54 Å². The summed E-state index contributed by atoms with van der Waals surface area (Å²) in [6.45, 7) is 1.93. The zero-order valence-electron chi connectivity index (χ0n) is 10.8. The summed E-state index contributed by atoms with van der Waals surface area (Å²) in [4.78, 5) is 4.08. The van der Waals surface area contributed by atoms with Crippen LogP contribution in [0.1, 0.15) is 9.75 Å². The Morgan fingerprint density at radius 3 is 2.80 bits per heavy atom. The van der Waals surface area contributed by atoms with E-state index in [1.54, 1.807) is 22.7 Å². The molecular weight excluding hydrogens is 326 g/mol. The van der Waals surface area contributed by atoms with Crippen LogP contribution in [0.25, 0.3) is 10.4 Å². The molecule has 0 atom stereocenters. The molecule has 0 aliphatic heterocycles. The summed E-state index contributed by atoms with van der Waals surface area (Å²) in [6, 6.07) is 10.6. The molecule has 20 heavy (non-hydrogen) atoms. The van der Waals surface area contributed by atoms with Crippen molar-refractivity contribution in [1.29, 1.82) is 0 Å². The Morgan fingerprint density at radius 1 is 1.10 bits per heavy atom. The van der Waals surface area contributed by atoms with Gasteiger partial charge in [-0.1, -0.05) is 17.7 Å². The first-order chi connectivity index (χ1) is 9.81. The van der Waals surface area contributed by atoms with Crippen LogP contribution in [-0.2, 0) is 13.0 Å². The fourth-order valence-electron chi connectivity index (χ4n) is 1.95. The number of hydrogen-bond acceptors (Lipinski definition) is 4. The zero-order valence-corrected chi connectivity index (χ0v) is 14.0. The fourth-order valence-corrected chi connectivity index (χ4v) is 4.68. The molecule has 0 aliphatic rings. The van der Waals surface area contributed by atoms with Gasteiger partial charge in [0.05, 0.1) is 4.34 Å². The van der Waals surface area contributed by atoms with Gasteiger partial charge in [-0.05, 0) is 41.4 Å². The highest BCUT2D eigenvalue weighted by Gasteiger charge is 2.03. The van der Waals surface area contributed by atoms with Gasteiger partial charge in [-0.25, -0.2) is 0 Å². The lowest BCUT2D eigenvalue weighted by atomic mass is 10.2. The maximum absolute atomic E-state index is 5.92. The molecule has 0 aromatic carbocycles. The van der Waals surface area contributed by atoms with Gasteiger partial charge in [-0.2, -0.15) is 0 Å². The van der Waals surface area contributed by atoms with Crippen molar-refractivity contribution in [3.8, 4) is 10.4 Å². The van der Waals surface area contributed by atoms with Crippen LogP contribution in [0.5, 0.6) is 0 Å². The topological polar surface area (TPSA) is 12.0 Å². The van der Waals surface area contributed by atoms with Crippen LogP contribution in [-0.4, -0.2) is 6.54 Å². The molecule has 0 spiro atoms. The summed E-state index contributed by atoms with van der Waals surface area (Å²) < 4.78 is 0.874. The highest BCUT2D eigenvalue weighted by molar-refractivity contribution is 7.16. The molecule has 0 saturated heterocycles. The van der Waals surface area contributed by atoms with Crippen LogP contribution in [0.15, 0.2) is 41.1 Å². The molecule has 0 fully saturated rings. The van der Waals surface area contributed by atoms with Crippen molar-refractivity contribution >= 4 is 45.6 Å². The number of thiophene rings is 3. The molecule has 1 N–H and O–H groups in total. The van der Waals surface area contributed by atoms with Crippen LogP contribution >= 0.6 is 45.6 Å². The molecule has 3 aromatic heterocycles. The van der Waals surface area contributed by atoms with Crippen LogP contribution in [0.2, 0.25) is 4.34 Å². The van der Waals surface area contributed by atoms with Gasteiger partial charge in [-0.15, -0.1) is 34.0 Å². The molecular formula is C15H14ClNS3. The first-order valence-corrected chi connectivity index (χ1v) is 9.33. The number of nitrogens with one attached hydrogen (secondary N) is 1. The van der Waals surface area contributed by atoms with Gasteiger partial charge in [0.1, 0.15) is 0 Å². The molecule has 5 heteroatoms. The van der Waals surface area contributed by atoms with Gasteiger partial charge in [0, 0.05) is 33.3 Å². The Bertz CT molecular complexity index is 654. The molecule has 0 unspecified atom stereocenters. The van der Waals surface area contributed by atoms with E-state index in [9.17, 15) is 0 Å². The van der Waals surface area contributed by atoms with Crippen molar-refractivity contribution in [2.45, 2.75) is 13.0 Å². The van der Waals surface area contributed by atoms with Crippen molar-refractivity contribution < 1.29 is 0 Å². The highest BCUT2D eigenvalue weighted by atomic mass is 35.5. The third-order valence-electron chi connectivity index (χ3n) is 2.94. The van der Waals surface area contributed by atoms with E-state index in [1.807, 2.05) is 17.4 Å². The molecule has 3 aromatic rings. The summed E-state index contributed by atoms with van der Waals surface area (Å²) in [5.74, 6) is 0. The Balaban J connectivity index is 1.47. The second-order valence-electron chi connectivity index (χ2n) is 4.41. The lowest BCUT2D eigenvalue weighted by Crippen LogP contribution is -2.15. The number of halogens is 1. The van der Waals surface area contributed by atoms with Gasteiger partial charge in [0.15, 0.2) is 0 Å². The van der Waals surface area contributed by atoms with Crippen LogP contribution in [0.3, 0.4) is 0 Å². The minimum absolute atomic E-state index is 0.874. The van der Waals surface area contributed by atoms with Crippen LogP contribution < -0.4 is 5.32 Å². The Hall–Kier alpha value is -0.650. The fraction of sp³-hybridized carbons (Fsp3) is 0.200. The van der Waals surface area contributed by atoms with E-state index >= 15 is 0 Å². The van der Waals surface area contributed by atoms with Crippen molar-refractivity contribution in [2.24, 2.45) is 0 Å². The monoisotopic (exact) mass is 339 g/mol. The van der Waals surface area contributed by atoms with Crippen molar-refractivity contribution in [3.63, 3.8) is 0 Å². The van der Waals surface area contributed by atoms with Crippen molar-refractivity contribution in [3.05, 3.63) is 55.2 Å². The Morgan fingerprint density at radius 2 is 2.05 bits per heavy atom. The predicted molar refractivity (Wildman–Crippen MR) is 92.4 cm³/mol. The van der Waals surface area contributed by atoms with Gasteiger partial charge in [-0.3, -0.25) is 0 Å². The smallest absolute Gasteiger partial charge is 0.0931 e. The van der Waals surface area contributed by atoms with E-state index in [0.29, 0.717) is 0 Å². The molecule has 0 amide bonds. The first kappa shape index (κ1) is 14.3. The minimum atomic E-state index is 0.874. The maximum atomic E-state index is 5.92. The average Bonchev–Trinajstić information content (AvgIpc) is 3.16. The van der Waals surface area contributed by atoms with Gasteiger partial charge < -0.3 is 5.32 Å². The Labute approximate surface area is 135 Å². The minimum Gasteiger partial charge on any atom is -0.311 e. The second-order valence-corrected chi connectivity index (χ2v) is 8.15. The quantitative estimate of drug-likeness (QED) is 0.583. The van der Waals surface area contributed by atoms with Gasteiger partial charge in [0.2, 0.25) is 0 Å². The molecule has 0 bridgehead atoms. The lowest BCUT2D eigenvalue weighted by molar-refractivity contribution is 0.697. The van der Waals surface area contributed by atoms with E-state index in [1.165, 1.54) is 20.2 Å². The molecule has 104 valence electrons. The highest BCUT2D eigenvalue weighted by Crippen LogP contribution is 2.29. The summed E-state index contributed by atoms with van der Waals surface area (Å²) in [5.41, 5.74) is 1.34. The lowest BCUT2D eigenvalue weighted by Gasteiger charge is -2.01. The van der Waals surface area contributed by atoms with Crippen LogP contribution in [0, 0.1) is 0 Å². The summed E-state index contributed by atoms with van der Waals surface area (Å²) >= 11 is 11.2. The maximum Gasteiger partial charge on any atom is 0.0931 e. The van der Waals surface area contributed by atoms with Crippen LogP contribution in [0.4, 0.5) is 0 Å². The van der Waals surface area contributed by atoms with Gasteiger partial charge >= 0.3 is 0 Å². The number of rotatable bonds is 6. The second kappa shape index (κ2) is 6.87. The molecule has 0 radical (unpaired) electrons. The molecule has 0 aliphatic carbocycles. The van der Waals surface area contributed by atoms with Gasteiger partial charge in [0.25, 0.3) is 0 Å². The summed E-state index contributed by atoms with van der Waals surface area (Å²) in [6.07, 6.45) is 1.04. The van der Waals surface area contributed by atoms with E-state index < -0.39 is 0 Å². The van der Waals surface area contributed by atoms with E-state index in [0.717, 1.165) is 23.8 Å².